The topological polar surface area (TPSA) is 73.7 Å². The molecule has 7 heteroatoms. The van der Waals surface area contributed by atoms with E-state index >= 15 is 0 Å². The lowest BCUT2D eigenvalue weighted by molar-refractivity contribution is -0.144. The number of nitrogens with zero attached hydrogens (tertiary/aromatic N) is 3. The Hall–Kier alpha value is -2.83. The number of carbonyl (C=O) groups excluding carboxylic acids is 2. The smallest absolute Gasteiger partial charge is 0.307 e. The van der Waals surface area contributed by atoms with Gasteiger partial charge in [0, 0.05) is 32.0 Å². The molecule has 0 aliphatic carbocycles. The Morgan fingerprint density at radius 1 is 1.19 bits per heavy atom. The van der Waals surface area contributed by atoms with E-state index in [0.717, 1.165) is 18.5 Å². The van der Waals surface area contributed by atoms with Gasteiger partial charge in [-0.15, -0.1) is 0 Å². The first kappa shape index (κ1) is 20.5. The van der Waals surface area contributed by atoms with Gasteiger partial charge in [-0.2, -0.15) is 0 Å². The van der Waals surface area contributed by atoms with Crippen molar-refractivity contribution in [3.63, 3.8) is 0 Å². The van der Waals surface area contributed by atoms with Gasteiger partial charge in [0.25, 0.3) is 5.91 Å². The van der Waals surface area contributed by atoms with E-state index < -0.39 is 0 Å². The Morgan fingerprint density at radius 2 is 1.96 bits per heavy atom. The van der Waals surface area contributed by atoms with Crippen LogP contribution in [0.4, 0.5) is 0 Å². The first-order valence-electron chi connectivity index (χ1n) is 9.17. The molecule has 1 heterocycles. The highest BCUT2D eigenvalue weighted by Crippen LogP contribution is 2.11. The third-order valence-electron chi connectivity index (χ3n) is 4.03. The van der Waals surface area contributed by atoms with Crippen LogP contribution in [-0.4, -0.2) is 52.6 Å². The third kappa shape index (κ3) is 7.52. The highest BCUT2D eigenvalue weighted by Gasteiger charge is 2.16. The second kappa shape index (κ2) is 11.0. The molecule has 0 N–H and O–H groups in total. The van der Waals surface area contributed by atoms with Crippen molar-refractivity contribution in [2.75, 3.05) is 26.3 Å². The summed E-state index contributed by atoms with van der Waals surface area (Å²) in [5.74, 6) is 0.201. The molecule has 1 aromatic heterocycles. The molecule has 1 amide bonds. The minimum atomic E-state index is -0.302. The molecule has 0 aliphatic rings. The Morgan fingerprint density at radius 3 is 2.63 bits per heavy atom. The monoisotopic (exact) mass is 373 g/mol. The molecule has 0 unspecified atom stereocenters. The second-order valence-corrected chi connectivity index (χ2v) is 6.19. The summed E-state index contributed by atoms with van der Waals surface area (Å²) in [4.78, 5) is 29.9. The largest absolute Gasteiger partial charge is 0.484 e. The summed E-state index contributed by atoms with van der Waals surface area (Å²) in [6.45, 7) is 5.64. The van der Waals surface area contributed by atoms with Gasteiger partial charge >= 0.3 is 5.97 Å². The fourth-order valence-corrected chi connectivity index (χ4v) is 2.55. The number of ether oxygens (including phenoxy) is 2. The fraction of sp³-hybridized carbons (Fsp3) is 0.450. The number of hydrogen-bond donors (Lipinski definition) is 0. The standard InChI is InChI=1S/C20H27N3O4/c1-3-26-20(25)9-13-23(12-4-11-22-14-10-21-16-22)19(24)15-27-18-7-5-17(2)6-8-18/h5-8,10,14,16H,3-4,9,11-13,15H2,1-2H3. The molecule has 0 aliphatic heterocycles. The average Bonchev–Trinajstić information content (AvgIpc) is 3.17. The summed E-state index contributed by atoms with van der Waals surface area (Å²) < 4.78 is 12.5. The van der Waals surface area contributed by atoms with Gasteiger partial charge in [-0.05, 0) is 32.4 Å². The van der Waals surface area contributed by atoms with E-state index in [9.17, 15) is 9.59 Å². The van der Waals surface area contributed by atoms with Crippen LogP contribution in [0.3, 0.4) is 0 Å². The summed E-state index contributed by atoms with van der Waals surface area (Å²) >= 11 is 0. The lowest BCUT2D eigenvalue weighted by Gasteiger charge is -2.22. The van der Waals surface area contributed by atoms with E-state index in [0.29, 0.717) is 25.4 Å². The molecule has 0 saturated heterocycles. The van der Waals surface area contributed by atoms with Crippen molar-refractivity contribution in [3.8, 4) is 5.75 Å². The zero-order chi connectivity index (χ0) is 19.5. The first-order chi connectivity index (χ1) is 13.1. The Kier molecular flexibility index (Phi) is 8.35. The van der Waals surface area contributed by atoms with E-state index in [2.05, 4.69) is 4.98 Å². The van der Waals surface area contributed by atoms with Gasteiger partial charge in [0.05, 0.1) is 19.4 Å². The quantitative estimate of drug-likeness (QED) is 0.566. The third-order valence-corrected chi connectivity index (χ3v) is 4.03. The van der Waals surface area contributed by atoms with Crippen LogP contribution < -0.4 is 4.74 Å². The van der Waals surface area contributed by atoms with Crippen molar-refractivity contribution in [2.45, 2.75) is 33.2 Å². The number of carbonyl (C=O) groups is 2. The molecule has 2 aromatic rings. The first-order valence-corrected chi connectivity index (χ1v) is 9.17. The fourth-order valence-electron chi connectivity index (χ4n) is 2.55. The molecule has 0 saturated carbocycles. The molecule has 0 atom stereocenters. The second-order valence-electron chi connectivity index (χ2n) is 6.19. The Bertz CT molecular complexity index is 699. The molecule has 0 spiro atoms. The van der Waals surface area contributed by atoms with Crippen LogP contribution >= 0.6 is 0 Å². The number of aryl methyl sites for hydroxylation is 2. The predicted octanol–water partition coefficient (Wildman–Crippen LogP) is 2.44. The van der Waals surface area contributed by atoms with E-state index in [-0.39, 0.29) is 24.9 Å². The number of esters is 1. The van der Waals surface area contributed by atoms with Crippen LogP contribution in [-0.2, 0) is 20.9 Å². The maximum Gasteiger partial charge on any atom is 0.307 e. The highest BCUT2D eigenvalue weighted by atomic mass is 16.5. The van der Waals surface area contributed by atoms with E-state index in [4.69, 9.17) is 9.47 Å². The van der Waals surface area contributed by atoms with Gasteiger partial charge in [0.2, 0.25) is 0 Å². The van der Waals surface area contributed by atoms with Crippen LogP contribution in [0.2, 0.25) is 0 Å². The molecule has 1 aromatic carbocycles. The van der Waals surface area contributed by atoms with Crippen molar-refractivity contribution in [2.24, 2.45) is 0 Å². The van der Waals surface area contributed by atoms with Gasteiger partial charge < -0.3 is 18.9 Å². The van der Waals surface area contributed by atoms with E-state index in [1.165, 1.54) is 0 Å². The Labute approximate surface area is 159 Å². The van der Waals surface area contributed by atoms with Gasteiger partial charge in [-0.3, -0.25) is 9.59 Å². The maximum absolute atomic E-state index is 12.6. The van der Waals surface area contributed by atoms with Crippen LogP contribution in [0.25, 0.3) is 0 Å². The predicted molar refractivity (Wildman–Crippen MR) is 101 cm³/mol. The van der Waals surface area contributed by atoms with Crippen LogP contribution in [0.15, 0.2) is 43.0 Å². The summed E-state index contributed by atoms with van der Waals surface area (Å²) in [6.07, 6.45) is 6.28. The molecule has 0 radical (unpaired) electrons. The normalized spacial score (nSPS) is 10.4. The van der Waals surface area contributed by atoms with Crippen LogP contribution in [0.5, 0.6) is 5.75 Å². The molecule has 0 bridgehead atoms. The lowest BCUT2D eigenvalue weighted by Crippen LogP contribution is -2.37. The van der Waals surface area contributed by atoms with E-state index in [1.807, 2.05) is 42.0 Å². The molecule has 2 rings (SSSR count). The number of aromatic nitrogens is 2. The molecule has 27 heavy (non-hydrogen) atoms. The number of imidazole rings is 1. The average molecular weight is 373 g/mol. The van der Waals surface area contributed by atoms with Crippen molar-refractivity contribution >= 4 is 11.9 Å². The van der Waals surface area contributed by atoms with Gasteiger partial charge in [-0.25, -0.2) is 4.98 Å². The number of benzene rings is 1. The van der Waals surface area contributed by atoms with Crippen LogP contribution in [0.1, 0.15) is 25.3 Å². The van der Waals surface area contributed by atoms with Crippen molar-refractivity contribution < 1.29 is 19.1 Å². The minimum absolute atomic E-state index is 0.0586. The van der Waals surface area contributed by atoms with Gasteiger partial charge in [0.1, 0.15) is 5.75 Å². The summed E-state index contributed by atoms with van der Waals surface area (Å²) in [7, 11) is 0. The Balaban J connectivity index is 1.86. The van der Waals surface area contributed by atoms with Gasteiger partial charge in [0.15, 0.2) is 6.61 Å². The summed E-state index contributed by atoms with van der Waals surface area (Å²) in [6, 6.07) is 7.54. The van der Waals surface area contributed by atoms with Crippen LogP contribution in [0, 0.1) is 6.92 Å². The number of amides is 1. The van der Waals surface area contributed by atoms with Crippen molar-refractivity contribution in [1.82, 2.24) is 14.5 Å². The molecule has 146 valence electrons. The summed E-state index contributed by atoms with van der Waals surface area (Å²) in [5.41, 5.74) is 1.13. The minimum Gasteiger partial charge on any atom is -0.484 e. The van der Waals surface area contributed by atoms with Crippen molar-refractivity contribution in [3.05, 3.63) is 48.5 Å². The molecule has 0 fully saturated rings. The SMILES string of the molecule is CCOC(=O)CCN(CCCn1ccnc1)C(=O)COc1ccc(C)cc1. The zero-order valence-electron chi connectivity index (χ0n) is 16.0. The molecule has 7 nitrogen and oxygen atoms in total. The number of rotatable bonds is 11. The molecular weight excluding hydrogens is 346 g/mol. The zero-order valence-corrected chi connectivity index (χ0v) is 16.0. The molecular formula is C20H27N3O4. The number of hydrogen-bond acceptors (Lipinski definition) is 5. The van der Waals surface area contributed by atoms with Gasteiger partial charge in [-0.1, -0.05) is 17.7 Å². The van der Waals surface area contributed by atoms with E-state index in [1.54, 1.807) is 24.3 Å². The van der Waals surface area contributed by atoms with Crippen molar-refractivity contribution in [1.29, 1.82) is 0 Å². The lowest BCUT2D eigenvalue weighted by atomic mass is 10.2. The maximum atomic E-state index is 12.6. The highest BCUT2D eigenvalue weighted by molar-refractivity contribution is 5.78. The summed E-state index contributed by atoms with van der Waals surface area (Å²) in [5, 5.41) is 0.